The lowest BCUT2D eigenvalue weighted by Gasteiger charge is -2.17. The van der Waals surface area contributed by atoms with Crippen molar-refractivity contribution >= 4 is 35.7 Å². The van der Waals surface area contributed by atoms with Crippen LogP contribution in [0.3, 0.4) is 0 Å². The molecular weight excluding hydrogens is 300 g/mol. The van der Waals surface area contributed by atoms with Gasteiger partial charge in [-0.1, -0.05) is 0 Å². The van der Waals surface area contributed by atoms with Gasteiger partial charge in [-0.25, -0.2) is 0 Å². The van der Waals surface area contributed by atoms with Crippen LogP contribution in [0.5, 0.6) is 0 Å². The Kier molecular flexibility index (Phi) is 11.5. The summed E-state index contributed by atoms with van der Waals surface area (Å²) in [6.45, 7) is 0.924. The Morgan fingerprint density at radius 2 is 1.60 bits per heavy atom. The first-order chi connectivity index (χ1) is 9.47. The van der Waals surface area contributed by atoms with Crippen LogP contribution < -0.4 is 16.0 Å². The molecule has 0 saturated heterocycles. The number of unbranched alkanes of at least 4 members (excludes halogenated alkanes) is 1. The van der Waals surface area contributed by atoms with Gasteiger partial charge >= 0.3 is 0 Å². The average molecular weight is 323 g/mol. The monoisotopic (exact) mass is 323 g/mol. The topological polar surface area (TPSA) is 108 Å². The summed E-state index contributed by atoms with van der Waals surface area (Å²) in [6, 6.07) is -0.592. The first kappa shape index (κ1) is 19.2. The first-order valence-electron chi connectivity index (χ1n) is 6.45. The SMILES string of the molecule is O=C(P)NCCCC[C@H](NC(=O)P)C(=O)NCCCO. The molecule has 3 atom stereocenters. The van der Waals surface area contributed by atoms with Crippen molar-refractivity contribution in [2.45, 2.75) is 31.7 Å². The van der Waals surface area contributed by atoms with Crippen LogP contribution in [0.25, 0.3) is 0 Å². The zero-order chi connectivity index (χ0) is 15.4. The molecule has 0 aliphatic heterocycles. The van der Waals surface area contributed by atoms with E-state index in [4.69, 9.17) is 5.11 Å². The van der Waals surface area contributed by atoms with Gasteiger partial charge in [-0.2, -0.15) is 0 Å². The van der Waals surface area contributed by atoms with Crippen LogP contribution in [0.2, 0.25) is 0 Å². The third-order valence-electron chi connectivity index (χ3n) is 2.49. The molecule has 0 rings (SSSR count). The van der Waals surface area contributed by atoms with E-state index in [0.29, 0.717) is 32.4 Å². The number of carbonyl (C=O) groups is 3. The maximum Gasteiger partial charge on any atom is 0.242 e. The maximum atomic E-state index is 11.8. The number of hydrogen-bond acceptors (Lipinski definition) is 4. The van der Waals surface area contributed by atoms with Crippen LogP contribution in [0.15, 0.2) is 0 Å². The summed E-state index contributed by atoms with van der Waals surface area (Å²) in [6.07, 6.45) is 2.41. The van der Waals surface area contributed by atoms with Gasteiger partial charge < -0.3 is 21.1 Å². The summed E-state index contributed by atoms with van der Waals surface area (Å²) in [5, 5.41) is 16.5. The zero-order valence-corrected chi connectivity index (χ0v) is 13.7. The molecule has 7 nitrogen and oxygen atoms in total. The molecule has 4 N–H and O–H groups in total. The highest BCUT2D eigenvalue weighted by atomic mass is 31.0. The van der Waals surface area contributed by atoms with Crippen LogP contribution in [0.4, 0.5) is 9.59 Å². The number of aliphatic hydroxyl groups excluding tert-OH is 1. The van der Waals surface area contributed by atoms with E-state index in [1.165, 1.54) is 0 Å². The van der Waals surface area contributed by atoms with E-state index in [9.17, 15) is 14.4 Å². The summed E-state index contributed by atoms with van der Waals surface area (Å²) in [5.41, 5.74) is -0.507. The summed E-state index contributed by atoms with van der Waals surface area (Å²) < 4.78 is 0. The van der Waals surface area contributed by atoms with Crippen LogP contribution in [0, 0.1) is 0 Å². The smallest absolute Gasteiger partial charge is 0.242 e. The molecule has 0 bridgehead atoms. The van der Waals surface area contributed by atoms with Crippen LogP contribution in [0.1, 0.15) is 25.7 Å². The molecule has 0 radical (unpaired) electrons. The molecule has 0 aromatic carbocycles. The van der Waals surface area contributed by atoms with Gasteiger partial charge in [0.2, 0.25) is 17.2 Å². The van der Waals surface area contributed by atoms with Crippen molar-refractivity contribution in [1.29, 1.82) is 0 Å². The van der Waals surface area contributed by atoms with Crippen LogP contribution in [-0.2, 0) is 4.79 Å². The lowest BCUT2D eigenvalue weighted by molar-refractivity contribution is -0.123. The fraction of sp³-hybridized carbons (Fsp3) is 0.727. The third kappa shape index (κ3) is 11.1. The maximum absolute atomic E-state index is 11.8. The second-order valence-electron chi connectivity index (χ2n) is 4.22. The highest BCUT2D eigenvalue weighted by Gasteiger charge is 2.18. The fourth-order valence-electron chi connectivity index (χ4n) is 1.54. The zero-order valence-electron chi connectivity index (χ0n) is 11.4. The predicted molar refractivity (Wildman–Crippen MR) is 83.7 cm³/mol. The van der Waals surface area contributed by atoms with Crippen molar-refractivity contribution in [3.8, 4) is 0 Å². The number of hydrogen-bond donors (Lipinski definition) is 4. The van der Waals surface area contributed by atoms with Crippen molar-refractivity contribution < 1.29 is 19.5 Å². The van der Waals surface area contributed by atoms with E-state index in [0.717, 1.165) is 6.42 Å². The van der Waals surface area contributed by atoms with Crippen molar-refractivity contribution in [2.75, 3.05) is 19.7 Å². The van der Waals surface area contributed by atoms with E-state index in [1.54, 1.807) is 0 Å². The standard InChI is InChI=1S/C11H23N3O4P2/c15-7-3-6-12-9(16)8(14-11(18)20)4-1-2-5-13-10(17)19/h8,15H,1-7,19-20H2,(H,12,16)(H,13,17)(H,14,18)/t8-/m0/s1. The molecule has 0 aromatic heterocycles. The molecule has 0 saturated carbocycles. The number of aliphatic hydroxyl groups is 1. The molecule has 20 heavy (non-hydrogen) atoms. The Morgan fingerprint density at radius 3 is 2.15 bits per heavy atom. The third-order valence-corrected chi connectivity index (χ3v) is 2.86. The highest BCUT2D eigenvalue weighted by Crippen LogP contribution is 2.03. The largest absolute Gasteiger partial charge is 0.396 e. The summed E-state index contributed by atoms with van der Waals surface area (Å²) in [7, 11) is 4.00. The van der Waals surface area contributed by atoms with Gasteiger partial charge in [-0.3, -0.25) is 14.4 Å². The second kappa shape index (κ2) is 12.0. The number of amides is 3. The lowest BCUT2D eigenvalue weighted by Crippen LogP contribution is -2.45. The molecule has 0 aliphatic rings. The van der Waals surface area contributed by atoms with Gasteiger partial charge in [0.1, 0.15) is 6.04 Å². The molecule has 0 aromatic rings. The van der Waals surface area contributed by atoms with Gasteiger partial charge in [0.25, 0.3) is 0 Å². The number of rotatable bonds is 10. The molecule has 0 fully saturated rings. The molecular formula is C11H23N3O4P2. The Bertz CT molecular complexity index is 329. The van der Waals surface area contributed by atoms with E-state index >= 15 is 0 Å². The highest BCUT2D eigenvalue weighted by molar-refractivity contribution is 7.40. The molecule has 0 spiro atoms. The Morgan fingerprint density at radius 1 is 0.950 bits per heavy atom. The minimum atomic E-state index is -0.592. The molecule has 9 heteroatoms. The van der Waals surface area contributed by atoms with E-state index in [1.807, 2.05) is 18.5 Å². The van der Waals surface area contributed by atoms with Crippen molar-refractivity contribution in [1.82, 2.24) is 16.0 Å². The van der Waals surface area contributed by atoms with Gasteiger partial charge in [-0.05, 0) is 44.2 Å². The summed E-state index contributed by atoms with van der Waals surface area (Å²) >= 11 is 0. The van der Waals surface area contributed by atoms with Crippen molar-refractivity contribution in [2.24, 2.45) is 0 Å². The molecule has 116 valence electrons. The number of nitrogens with one attached hydrogen (secondary N) is 3. The van der Waals surface area contributed by atoms with Gasteiger partial charge in [0.05, 0.1) is 0 Å². The Balaban J connectivity index is 4.03. The summed E-state index contributed by atoms with van der Waals surface area (Å²) in [4.78, 5) is 33.5. The molecule has 0 heterocycles. The van der Waals surface area contributed by atoms with Crippen LogP contribution >= 0.6 is 18.5 Å². The van der Waals surface area contributed by atoms with Crippen LogP contribution in [-0.4, -0.2) is 48.0 Å². The predicted octanol–water partition coefficient (Wildman–Crippen LogP) is 0.193. The summed E-state index contributed by atoms with van der Waals surface area (Å²) in [5.74, 6) is -0.260. The number of carbonyl (C=O) groups excluding carboxylic acids is 3. The minimum absolute atomic E-state index is 0.00959. The quantitative estimate of drug-likeness (QED) is 0.340. The van der Waals surface area contributed by atoms with E-state index < -0.39 is 6.04 Å². The van der Waals surface area contributed by atoms with E-state index in [2.05, 4.69) is 16.0 Å². The van der Waals surface area contributed by atoms with Gasteiger partial charge in [0.15, 0.2) is 0 Å². The molecule has 0 aliphatic carbocycles. The van der Waals surface area contributed by atoms with Crippen molar-refractivity contribution in [3.63, 3.8) is 0 Å². The fourth-order valence-corrected chi connectivity index (χ4v) is 1.88. The Labute approximate surface area is 123 Å². The Hall–Kier alpha value is -0.770. The molecule has 2 unspecified atom stereocenters. The normalized spacial score (nSPS) is 11.6. The lowest BCUT2D eigenvalue weighted by atomic mass is 10.1. The van der Waals surface area contributed by atoms with Crippen molar-refractivity contribution in [3.05, 3.63) is 0 Å². The average Bonchev–Trinajstić information content (AvgIpc) is 2.36. The minimum Gasteiger partial charge on any atom is -0.396 e. The first-order valence-corrected chi connectivity index (χ1v) is 7.60. The molecule has 3 amide bonds. The van der Waals surface area contributed by atoms with Gasteiger partial charge in [0, 0.05) is 19.7 Å². The van der Waals surface area contributed by atoms with E-state index in [-0.39, 0.29) is 23.8 Å². The second-order valence-corrected chi connectivity index (χ2v) is 5.26. The van der Waals surface area contributed by atoms with Gasteiger partial charge in [-0.15, -0.1) is 0 Å².